The fourth-order valence-corrected chi connectivity index (χ4v) is 2.96. The molecule has 0 N–H and O–H groups in total. The lowest BCUT2D eigenvalue weighted by atomic mass is 9.96. The Morgan fingerprint density at radius 1 is 1.31 bits per heavy atom. The van der Waals surface area contributed by atoms with Crippen molar-refractivity contribution < 1.29 is 9.53 Å². The molecule has 0 aromatic carbocycles. The predicted octanol–water partition coefficient (Wildman–Crippen LogP) is 2.06. The van der Waals surface area contributed by atoms with E-state index in [0.717, 1.165) is 39.0 Å². The lowest BCUT2D eigenvalue weighted by Gasteiger charge is -2.26. The first kappa shape index (κ1) is 11.9. The smallest absolute Gasteiger partial charge is 0.223 e. The van der Waals surface area contributed by atoms with Gasteiger partial charge in [-0.3, -0.25) is 4.79 Å². The van der Waals surface area contributed by atoms with E-state index >= 15 is 0 Å². The average Bonchev–Trinajstić information content (AvgIpc) is 2.59. The molecule has 92 valence electrons. The van der Waals surface area contributed by atoms with E-state index in [1.807, 2.05) is 0 Å². The third-order valence-electron chi connectivity index (χ3n) is 3.91. The highest BCUT2D eigenvalue weighted by molar-refractivity contribution is 5.77. The number of likely N-dealkylation sites (tertiary alicyclic amines) is 1. The lowest BCUT2D eigenvalue weighted by molar-refractivity contribution is -0.133. The van der Waals surface area contributed by atoms with Crippen LogP contribution in [0.1, 0.15) is 39.5 Å². The van der Waals surface area contributed by atoms with Crippen LogP contribution in [0.3, 0.4) is 0 Å². The molecule has 0 saturated carbocycles. The van der Waals surface area contributed by atoms with Crippen molar-refractivity contribution in [1.82, 2.24) is 4.90 Å². The molecule has 0 bridgehead atoms. The van der Waals surface area contributed by atoms with Gasteiger partial charge in [0.2, 0.25) is 5.91 Å². The molecule has 2 saturated heterocycles. The molecule has 3 nitrogen and oxygen atoms in total. The minimum atomic E-state index is 0.365. The van der Waals surface area contributed by atoms with Crippen molar-refractivity contribution in [2.45, 2.75) is 45.6 Å². The number of carbonyl (C=O) groups excluding carboxylic acids is 1. The highest BCUT2D eigenvalue weighted by Crippen LogP contribution is 2.26. The number of amides is 1. The fraction of sp³-hybridized carbons (Fsp3) is 0.923. The summed E-state index contributed by atoms with van der Waals surface area (Å²) in [5.74, 6) is 1.60. The van der Waals surface area contributed by atoms with Crippen molar-refractivity contribution >= 4 is 5.91 Å². The molecule has 0 unspecified atom stereocenters. The van der Waals surface area contributed by atoms with Crippen LogP contribution >= 0.6 is 0 Å². The third kappa shape index (κ3) is 2.76. The van der Waals surface area contributed by atoms with Crippen LogP contribution in [0.25, 0.3) is 0 Å². The van der Waals surface area contributed by atoms with Crippen LogP contribution in [0.15, 0.2) is 0 Å². The van der Waals surface area contributed by atoms with Gasteiger partial charge in [-0.15, -0.1) is 0 Å². The van der Waals surface area contributed by atoms with Gasteiger partial charge in [-0.05, 0) is 38.0 Å². The second-order valence-electron chi connectivity index (χ2n) is 5.50. The van der Waals surface area contributed by atoms with Crippen LogP contribution in [0, 0.1) is 11.8 Å². The van der Waals surface area contributed by atoms with Gasteiger partial charge in [0.05, 0.1) is 0 Å². The van der Waals surface area contributed by atoms with Crippen molar-refractivity contribution in [3.05, 3.63) is 0 Å². The maximum atomic E-state index is 12.2. The summed E-state index contributed by atoms with van der Waals surface area (Å²) >= 11 is 0. The molecule has 1 amide bonds. The molecule has 3 heteroatoms. The number of carbonyl (C=O) groups is 1. The zero-order valence-corrected chi connectivity index (χ0v) is 10.4. The third-order valence-corrected chi connectivity index (χ3v) is 3.91. The van der Waals surface area contributed by atoms with Gasteiger partial charge in [0.25, 0.3) is 0 Å². The van der Waals surface area contributed by atoms with E-state index in [0.29, 0.717) is 23.8 Å². The molecule has 2 aliphatic heterocycles. The highest BCUT2D eigenvalue weighted by atomic mass is 16.5. The highest BCUT2D eigenvalue weighted by Gasteiger charge is 2.31. The Morgan fingerprint density at radius 3 is 2.56 bits per heavy atom. The minimum Gasteiger partial charge on any atom is -0.381 e. The Morgan fingerprint density at radius 2 is 2.00 bits per heavy atom. The first-order chi connectivity index (χ1) is 7.66. The van der Waals surface area contributed by atoms with E-state index in [2.05, 4.69) is 18.7 Å². The van der Waals surface area contributed by atoms with Gasteiger partial charge in [-0.2, -0.15) is 0 Å². The molecule has 2 rings (SSSR count). The molecule has 0 aromatic heterocycles. The number of hydrogen-bond acceptors (Lipinski definition) is 2. The van der Waals surface area contributed by atoms with Crippen molar-refractivity contribution in [3.8, 4) is 0 Å². The van der Waals surface area contributed by atoms with E-state index in [1.165, 1.54) is 6.42 Å². The summed E-state index contributed by atoms with van der Waals surface area (Å²) in [6, 6.07) is 0.447. The Labute approximate surface area is 98.1 Å². The molecule has 2 heterocycles. The summed E-state index contributed by atoms with van der Waals surface area (Å²) in [5, 5.41) is 0. The number of rotatable bonds is 2. The van der Waals surface area contributed by atoms with Gasteiger partial charge < -0.3 is 9.64 Å². The van der Waals surface area contributed by atoms with Crippen molar-refractivity contribution in [1.29, 1.82) is 0 Å². The standard InChI is InChI=1S/C13H23NO2/c1-10-7-11(2)14(9-10)13(15)8-12-3-5-16-6-4-12/h10-12H,3-9H2,1-2H3/t10-,11+/m0/s1. The van der Waals surface area contributed by atoms with Crippen molar-refractivity contribution in [2.75, 3.05) is 19.8 Å². The van der Waals surface area contributed by atoms with E-state index in [9.17, 15) is 4.79 Å². The van der Waals surface area contributed by atoms with E-state index in [-0.39, 0.29) is 0 Å². The Hall–Kier alpha value is -0.570. The molecule has 2 fully saturated rings. The zero-order valence-electron chi connectivity index (χ0n) is 10.4. The van der Waals surface area contributed by atoms with Crippen LogP contribution in [0.2, 0.25) is 0 Å². The summed E-state index contributed by atoms with van der Waals surface area (Å²) in [5.41, 5.74) is 0. The van der Waals surface area contributed by atoms with E-state index in [1.54, 1.807) is 0 Å². The van der Waals surface area contributed by atoms with Crippen LogP contribution in [-0.4, -0.2) is 36.6 Å². The molecule has 0 aromatic rings. The summed E-state index contributed by atoms with van der Waals surface area (Å²) in [4.78, 5) is 14.2. The fourth-order valence-electron chi connectivity index (χ4n) is 2.96. The van der Waals surface area contributed by atoms with Crippen LogP contribution < -0.4 is 0 Å². The second-order valence-corrected chi connectivity index (χ2v) is 5.50. The molecular formula is C13H23NO2. The summed E-state index contributed by atoms with van der Waals surface area (Å²) < 4.78 is 5.32. The molecule has 2 atom stereocenters. The maximum Gasteiger partial charge on any atom is 0.223 e. The van der Waals surface area contributed by atoms with Crippen LogP contribution in [-0.2, 0) is 9.53 Å². The van der Waals surface area contributed by atoms with Gasteiger partial charge >= 0.3 is 0 Å². The summed E-state index contributed by atoms with van der Waals surface area (Å²) in [7, 11) is 0. The molecule has 16 heavy (non-hydrogen) atoms. The van der Waals surface area contributed by atoms with E-state index in [4.69, 9.17) is 4.74 Å². The van der Waals surface area contributed by atoms with Crippen LogP contribution in [0.5, 0.6) is 0 Å². The van der Waals surface area contributed by atoms with Gasteiger partial charge in [-0.25, -0.2) is 0 Å². The number of ether oxygens (including phenoxy) is 1. The van der Waals surface area contributed by atoms with Gasteiger partial charge in [-0.1, -0.05) is 6.92 Å². The monoisotopic (exact) mass is 225 g/mol. The van der Waals surface area contributed by atoms with E-state index < -0.39 is 0 Å². The molecule has 0 aliphatic carbocycles. The molecular weight excluding hydrogens is 202 g/mol. The Balaban J connectivity index is 1.82. The Kier molecular flexibility index (Phi) is 3.85. The largest absolute Gasteiger partial charge is 0.381 e. The second kappa shape index (κ2) is 5.17. The maximum absolute atomic E-state index is 12.2. The average molecular weight is 225 g/mol. The number of hydrogen-bond donors (Lipinski definition) is 0. The zero-order chi connectivity index (χ0) is 11.5. The SMILES string of the molecule is C[C@H]1C[C@@H](C)N(C(=O)CC2CCOCC2)C1. The summed E-state index contributed by atoms with van der Waals surface area (Å²) in [6.07, 6.45) is 4.02. The lowest BCUT2D eigenvalue weighted by Crippen LogP contribution is -2.35. The minimum absolute atomic E-state index is 0.365. The first-order valence-corrected chi connectivity index (χ1v) is 6.54. The normalized spacial score (nSPS) is 32.0. The quantitative estimate of drug-likeness (QED) is 0.720. The summed E-state index contributed by atoms with van der Waals surface area (Å²) in [6.45, 7) is 7.04. The molecule has 0 radical (unpaired) electrons. The van der Waals surface area contributed by atoms with Crippen molar-refractivity contribution in [3.63, 3.8) is 0 Å². The van der Waals surface area contributed by atoms with Crippen molar-refractivity contribution in [2.24, 2.45) is 11.8 Å². The first-order valence-electron chi connectivity index (χ1n) is 6.54. The molecule has 0 spiro atoms. The van der Waals surface area contributed by atoms with Gasteiger partial charge in [0, 0.05) is 32.2 Å². The van der Waals surface area contributed by atoms with Gasteiger partial charge in [0.1, 0.15) is 0 Å². The predicted molar refractivity (Wildman–Crippen MR) is 63.1 cm³/mol. The topological polar surface area (TPSA) is 29.5 Å². The van der Waals surface area contributed by atoms with Crippen LogP contribution in [0.4, 0.5) is 0 Å². The number of nitrogens with zero attached hydrogens (tertiary/aromatic N) is 1. The Bertz CT molecular complexity index is 248. The molecule has 2 aliphatic rings. The van der Waals surface area contributed by atoms with Gasteiger partial charge in [0.15, 0.2) is 0 Å².